The van der Waals surface area contributed by atoms with E-state index in [0.717, 1.165) is 31.7 Å². The molecule has 2 saturated carbocycles. The number of piperidine rings is 1. The van der Waals surface area contributed by atoms with Crippen LogP contribution in [0.15, 0.2) is 30.3 Å². The molecule has 5 rings (SSSR count). The van der Waals surface area contributed by atoms with Crippen LogP contribution in [0.1, 0.15) is 48.9 Å². The summed E-state index contributed by atoms with van der Waals surface area (Å²) in [6.45, 7) is 2.67. The molecule has 4 unspecified atom stereocenters. The molecular formula is C21H28N2O2. The van der Waals surface area contributed by atoms with Crippen molar-refractivity contribution in [1.29, 1.82) is 0 Å². The Morgan fingerprint density at radius 2 is 2.00 bits per heavy atom. The molecule has 2 aliphatic heterocycles. The number of benzene rings is 1. The molecule has 2 heterocycles. The molecule has 4 atom stereocenters. The number of likely N-dealkylation sites (tertiary alicyclic amines) is 1. The first kappa shape index (κ1) is 15.8. The van der Waals surface area contributed by atoms with Gasteiger partial charge in [-0.15, -0.1) is 0 Å². The summed E-state index contributed by atoms with van der Waals surface area (Å²) in [7, 11) is 0. The van der Waals surface area contributed by atoms with Gasteiger partial charge in [0.05, 0.1) is 6.10 Å². The quantitative estimate of drug-likeness (QED) is 0.920. The highest BCUT2D eigenvalue weighted by Crippen LogP contribution is 2.62. The standard InChI is InChI=1S/C21H28N2O2/c24-20(15-6-2-1-3-7-15)23-12-4-8-16(14-23)22-18-17-9-13-25-19(17)21(18)10-5-11-21/h1-3,6-7,16-19,22H,4-5,8-14H2. The highest BCUT2D eigenvalue weighted by molar-refractivity contribution is 5.94. The molecule has 0 bridgehead atoms. The predicted molar refractivity (Wildman–Crippen MR) is 96.4 cm³/mol. The number of nitrogens with zero attached hydrogens (tertiary/aromatic N) is 1. The Bertz CT molecular complexity index is 643. The fraction of sp³-hybridized carbons (Fsp3) is 0.667. The first-order chi connectivity index (χ1) is 12.3. The van der Waals surface area contributed by atoms with Gasteiger partial charge in [0, 0.05) is 48.7 Å². The average Bonchev–Trinajstić information content (AvgIpc) is 3.04. The number of amides is 1. The number of hydrogen-bond donors (Lipinski definition) is 1. The second-order valence-electron chi connectivity index (χ2n) is 8.43. The lowest BCUT2D eigenvalue weighted by atomic mass is 9.46. The third kappa shape index (κ3) is 2.45. The Morgan fingerprint density at radius 3 is 2.76 bits per heavy atom. The number of carbonyl (C=O) groups is 1. The molecule has 0 aromatic heterocycles. The smallest absolute Gasteiger partial charge is 0.253 e. The molecule has 1 N–H and O–H groups in total. The van der Waals surface area contributed by atoms with Crippen molar-refractivity contribution in [2.75, 3.05) is 19.7 Å². The van der Waals surface area contributed by atoms with Crippen molar-refractivity contribution in [1.82, 2.24) is 10.2 Å². The summed E-state index contributed by atoms with van der Waals surface area (Å²) < 4.78 is 6.04. The van der Waals surface area contributed by atoms with Gasteiger partial charge >= 0.3 is 0 Å². The predicted octanol–water partition coefficient (Wildman–Crippen LogP) is 2.84. The van der Waals surface area contributed by atoms with Crippen molar-refractivity contribution in [2.45, 2.75) is 56.7 Å². The van der Waals surface area contributed by atoms with Crippen molar-refractivity contribution in [3.8, 4) is 0 Å². The van der Waals surface area contributed by atoms with Crippen LogP contribution >= 0.6 is 0 Å². The van der Waals surface area contributed by atoms with E-state index in [4.69, 9.17) is 4.74 Å². The van der Waals surface area contributed by atoms with Gasteiger partial charge in [0.25, 0.3) is 5.91 Å². The van der Waals surface area contributed by atoms with Crippen LogP contribution in [-0.4, -0.2) is 48.7 Å². The SMILES string of the molecule is O=C(c1ccccc1)N1CCCC(NC2C3CCOC3C23CCC3)C1. The normalized spacial score (nSPS) is 35.8. The lowest BCUT2D eigenvalue weighted by Crippen LogP contribution is -2.73. The Balaban J connectivity index is 1.25. The van der Waals surface area contributed by atoms with E-state index in [-0.39, 0.29) is 5.91 Å². The minimum atomic E-state index is 0.182. The van der Waals surface area contributed by atoms with Crippen LogP contribution in [0.4, 0.5) is 0 Å². The Labute approximate surface area is 149 Å². The van der Waals surface area contributed by atoms with E-state index >= 15 is 0 Å². The van der Waals surface area contributed by atoms with Crippen LogP contribution < -0.4 is 5.32 Å². The monoisotopic (exact) mass is 340 g/mol. The molecule has 4 nitrogen and oxygen atoms in total. The zero-order valence-electron chi connectivity index (χ0n) is 14.8. The van der Waals surface area contributed by atoms with Gasteiger partial charge in [-0.2, -0.15) is 0 Å². The third-order valence-corrected chi connectivity index (χ3v) is 7.18. The number of rotatable bonds is 3. The maximum Gasteiger partial charge on any atom is 0.253 e. The number of fused-ring (bicyclic) bond motifs is 2. The molecule has 2 aliphatic carbocycles. The van der Waals surface area contributed by atoms with Crippen molar-refractivity contribution >= 4 is 5.91 Å². The van der Waals surface area contributed by atoms with Gasteiger partial charge in [-0.3, -0.25) is 4.79 Å². The van der Waals surface area contributed by atoms with Gasteiger partial charge < -0.3 is 15.0 Å². The molecule has 25 heavy (non-hydrogen) atoms. The molecule has 4 fully saturated rings. The highest BCUT2D eigenvalue weighted by Gasteiger charge is 2.66. The molecule has 2 saturated heterocycles. The highest BCUT2D eigenvalue weighted by atomic mass is 16.5. The van der Waals surface area contributed by atoms with E-state index in [1.165, 1.54) is 32.1 Å². The molecule has 1 aromatic rings. The summed E-state index contributed by atoms with van der Waals surface area (Å²) in [4.78, 5) is 14.8. The maximum absolute atomic E-state index is 12.8. The summed E-state index contributed by atoms with van der Waals surface area (Å²) >= 11 is 0. The minimum Gasteiger partial charge on any atom is -0.377 e. The second kappa shape index (κ2) is 6.10. The lowest BCUT2D eigenvalue weighted by Gasteiger charge is -2.64. The first-order valence-electron chi connectivity index (χ1n) is 10.00. The summed E-state index contributed by atoms with van der Waals surface area (Å²) in [5, 5.41) is 3.98. The first-order valence-corrected chi connectivity index (χ1v) is 10.00. The van der Waals surface area contributed by atoms with Gasteiger partial charge in [0.2, 0.25) is 0 Å². The van der Waals surface area contributed by atoms with Crippen LogP contribution in [0, 0.1) is 11.3 Å². The largest absolute Gasteiger partial charge is 0.377 e. The van der Waals surface area contributed by atoms with Crippen molar-refractivity contribution in [2.24, 2.45) is 11.3 Å². The lowest BCUT2D eigenvalue weighted by molar-refractivity contribution is -0.179. The van der Waals surface area contributed by atoms with Gasteiger partial charge in [-0.25, -0.2) is 0 Å². The molecule has 1 aromatic carbocycles. The molecule has 1 amide bonds. The Kier molecular flexibility index (Phi) is 3.86. The molecule has 134 valence electrons. The molecule has 4 aliphatic rings. The van der Waals surface area contributed by atoms with Gasteiger partial charge in [0.15, 0.2) is 0 Å². The minimum absolute atomic E-state index is 0.182. The van der Waals surface area contributed by atoms with Crippen molar-refractivity contribution in [3.05, 3.63) is 35.9 Å². The number of ether oxygens (including phenoxy) is 1. The van der Waals surface area contributed by atoms with Crippen LogP contribution in [0.2, 0.25) is 0 Å². The molecule has 0 radical (unpaired) electrons. The molecule has 1 spiro atoms. The third-order valence-electron chi connectivity index (χ3n) is 7.18. The maximum atomic E-state index is 12.8. The fourth-order valence-electron chi connectivity index (χ4n) is 5.81. The Hall–Kier alpha value is -1.39. The van der Waals surface area contributed by atoms with Gasteiger partial charge in [0.1, 0.15) is 0 Å². The van der Waals surface area contributed by atoms with E-state index in [1.807, 2.05) is 35.2 Å². The average molecular weight is 340 g/mol. The van der Waals surface area contributed by atoms with Gasteiger partial charge in [-0.05, 0) is 44.2 Å². The zero-order chi connectivity index (χ0) is 16.9. The molecule has 4 heteroatoms. The van der Waals surface area contributed by atoms with Crippen LogP contribution in [0.25, 0.3) is 0 Å². The van der Waals surface area contributed by atoms with Crippen molar-refractivity contribution < 1.29 is 9.53 Å². The van der Waals surface area contributed by atoms with Crippen molar-refractivity contribution in [3.63, 3.8) is 0 Å². The fourth-order valence-corrected chi connectivity index (χ4v) is 5.81. The van der Waals surface area contributed by atoms with Gasteiger partial charge in [-0.1, -0.05) is 24.6 Å². The second-order valence-corrected chi connectivity index (χ2v) is 8.43. The number of nitrogens with one attached hydrogen (secondary N) is 1. The summed E-state index contributed by atoms with van der Waals surface area (Å²) in [5.74, 6) is 0.890. The zero-order valence-corrected chi connectivity index (χ0v) is 14.8. The van der Waals surface area contributed by atoms with E-state index in [1.54, 1.807) is 0 Å². The summed E-state index contributed by atoms with van der Waals surface area (Å²) in [6.07, 6.45) is 8.02. The number of hydrogen-bond acceptors (Lipinski definition) is 3. The number of carbonyl (C=O) groups excluding carboxylic acids is 1. The van der Waals surface area contributed by atoms with Crippen LogP contribution in [-0.2, 0) is 4.74 Å². The topological polar surface area (TPSA) is 41.6 Å². The van der Waals surface area contributed by atoms with Crippen LogP contribution in [0.3, 0.4) is 0 Å². The summed E-state index contributed by atoms with van der Waals surface area (Å²) in [5.41, 5.74) is 1.24. The van der Waals surface area contributed by atoms with E-state index < -0.39 is 0 Å². The van der Waals surface area contributed by atoms with Crippen LogP contribution in [0.5, 0.6) is 0 Å². The Morgan fingerprint density at radius 1 is 1.16 bits per heavy atom. The van der Waals surface area contributed by atoms with E-state index in [9.17, 15) is 4.79 Å². The molecular weight excluding hydrogens is 312 g/mol. The van der Waals surface area contributed by atoms with E-state index in [0.29, 0.717) is 29.5 Å². The van der Waals surface area contributed by atoms with E-state index in [2.05, 4.69) is 5.32 Å². The summed E-state index contributed by atoms with van der Waals surface area (Å²) in [6, 6.07) is 10.8.